The molecule has 0 bridgehead atoms. The number of fused-ring (bicyclic) bond motifs is 1. The molecule has 1 saturated heterocycles. The van der Waals surface area contributed by atoms with E-state index >= 15 is 0 Å². The van der Waals surface area contributed by atoms with Gasteiger partial charge in [-0.25, -0.2) is 14.1 Å². The maximum absolute atomic E-state index is 14.2. The van der Waals surface area contributed by atoms with E-state index in [1.165, 1.54) is 22.9 Å². The van der Waals surface area contributed by atoms with Crippen molar-refractivity contribution in [3.63, 3.8) is 0 Å². The molecule has 11 heteroatoms. The van der Waals surface area contributed by atoms with E-state index in [1.54, 1.807) is 11.7 Å². The summed E-state index contributed by atoms with van der Waals surface area (Å²) in [4.78, 5) is 25.1. The third-order valence-electron chi connectivity index (χ3n) is 5.95. The maximum Gasteiger partial charge on any atom is 0.255 e. The van der Waals surface area contributed by atoms with Gasteiger partial charge in [0.2, 0.25) is 11.9 Å². The molecule has 10 nitrogen and oxygen atoms in total. The highest BCUT2D eigenvalue weighted by Gasteiger charge is 2.59. The summed E-state index contributed by atoms with van der Waals surface area (Å²) >= 11 is 0. The number of hydrogen-bond acceptors (Lipinski definition) is 8. The predicted molar refractivity (Wildman–Crippen MR) is 103 cm³/mol. The van der Waals surface area contributed by atoms with E-state index in [9.17, 15) is 9.18 Å². The molecule has 29 heavy (non-hydrogen) atoms. The van der Waals surface area contributed by atoms with Crippen molar-refractivity contribution in [3.05, 3.63) is 40.7 Å². The minimum absolute atomic E-state index is 0.231. The van der Waals surface area contributed by atoms with Crippen LogP contribution in [0.5, 0.6) is 0 Å². The summed E-state index contributed by atoms with van der Waals surface area (Å²) in [7, 11) is 5.45. The number of piperidine rings is 1. The van der Waals surface area contributed by atoms with Gasteiger partial charge in [-0.05, 0) is 16.5 Å². The second-order valence-electron chi connectivity index (χ2n) is 7.63. The molecule has 0 aromatic carbocycles. The summed E-state index contributed by atoms with van der Waals surface area (Å²) < 4.78 is 17.3. The first kappa shape index (κ1) is 17.7. The van der Waals surface area contributed by atoms with Crippen molar-refractivity contribution in [1.29, 1.82) is 0 Å². The lowest BCUT2D eigenvalue weighted by molar-refractivity contribution is 0.623. The molecule has 2 aliphatic rings. The summed E-state index contributed by atoms with van der Waals surface area (Å²) in [5.74, 6) is 1.66. The number of pyridine rings is 1. The van der Waals surface area contributed by atoms with Gasteiger partial charge in [-0.2, -0.15) is 0 Å². The van der Waals surface area contributed by atoms with Crippen molar-refractivity contribution < 1.29 is 4.39 Å². The summed E-state index contributed by atoms with van der Waals surface area (Å²) in [5, 5.41) is 11.7. The minimum Gasteiger partial charge on any atom is -0.342 e. The van der Waals surface area contributed by atoms with E-state index in [2.05, 4.69) is 30.4 Å². The monoisotopic (exact) mass is 397 g/mol. The van der Waals surface area contributed by atoms with E-state index in [4.69, 9.17) is 0 Å². The average molecular weight is 397 g/mol. The molecule has 0 radical (unpaired) electrons. The van der Waals surface area contributed by atoms with Crippen LogP contribution in [0.15, 0.2) is 29.3 Å². The molecule has 2 fully saturated rings. The van der Waals surface area contributed by atoms with Gasteiger partial charge in [0, 0.05) is 69.9 Å². The second-order valence-corrected chi connectivity index (χ2v) is 7.63. The van der Waals surface area contributed by atoms with Crippen LogP contribution in [0.25, 0.3) is 11.3 Å². The molecule has 3 aromatic heterocycles. The van der Waals surface area contributed by atoms with Crippen molar-refractivity contribution in [2.75, 3.05) is 29.9 Å². The largest absolute Gasteiger partial charge is 0.342 e. The van der Waals surface area contributed by atoms with E-state index in [0.29, 0.717) is 23.5 Å². The van der Waals surface area contributed by atoms with Crippen molar-refractivity contribution in [2.45, 2.75) is 6.04 Å². The topological polar surface area (TPSA) is 97.9 Å². The summed E-state index contributed by atoms with van der Waals surface area (Å²) in [6.07, 6.45) is 2.61. The molecule has 1 aliphatic carbocycles. The van der Waals surface area contributed by atoms with Gasteiger partial charge in [-0.15, -0.1) is 0 Å². The predicted octanol–water partition coefficient (Wildman–Crippen LogP) is 0.0759. The Hall–Kier alpha value is -3.37. The number of halogens is 1. The van der Waals surface area contributed by atoms with E-state index in [1.807, 2.05) is 19.0 Å². The van der Waals surface area contributed by atoms with Crippen LogP contribution in [-0.2, 0) is 14.1 Å². The van der Waals surface area contributed by atoms with Gasteiger partial charge in [0.25, 0.3) is 5.56 Å². The van der Waals surface area contributed by atoms with Crippen molar-refractivity contribution in [1.82, 2.24) is 34.7 Å². The van der Waals surface area contributed by atoms with Crippen LogP contribution in [0.3, 0.4) is 0 Å². The molecular weight excluding hydrogens is 377 g/mol. The Kier molecular flexibility index (Phi) is 3.86. The molecule has 3 atom stereocenters. The van der Waals surface area contributed by atoms with Crippen LogP contribution in [0.4, 0.5) is 16.3 Å². The number of nitrogens with zero attached hydrogens (tertiary/aromatic N) is 9. The van der Waals surface area contributed by atoms with Gasteiger partial charge < -0.3 is 9.80 Å². The fourth-order valence-electron chi connectivity index (χ4n) is 4.42. The lowest BCUT2D eigenvalue weighted by Crippen LogP contribution is -2.36. The Bertz CT molecular complexity index is 1130. The number of aryl methyl sites for hydroxylation is 1. The van der Waals surface area contributed by atoms with Crippen molar-refractivity contribution >= 4 is 11.9 Å². The number of rotatable bonds is 4. The quantitative estimate of drug-likeness (QED) is 0.610. The van der Waals surface area contributed by atoms with Crippen LogP contribution in [0, 0.1) is 17.7 Å². The molecule has 150 valence electrons. The Morgan fingerprint density at radius 2 is 2.00 bits per heavy atom. The number of anilines is 2. The molecule has 0 amide bonds. The second kappa shape index (κ2) is 6.33. The third kappa shape index (κ3) is 2.76. The highest BCUT2D eigenvalue weighted by molar-refractivity contribution is 5.60. The first-order chi connectivity index (χ1) is 14.0. The zero-order valence-corrected chi connectivity index (χ0v) is 16.3. The number of hydrogen-bond donors (Lipinski definition) is 0. The lowest BCUT2D eigenvalue weighted by atomic mass is 10.2. The van der Waals surface area contributed by atoms with Crippen LogP contribution >= 0.6 is 0 Å². The maximum atomic E-state index is 14.2. The molecule has 1 saturated carbocycles. The van der Waals surface area contributed by atoms with Crippen molar-refractivity contribution in [3.8, 4) is 11.3 Å². The normalized spacial score (nSPS) is 22.6. The highest BCUT2D eigenvalue weighted by atomic mass is 19.1. The molecule has 0 spiro atoms. The van der Waals surface area contributed by atoms with Gasteiger partial charge in [-0.1, -0.05) is 5.10 Å². The van der Waals surface area contributed by atoms with Gasteiger partial charge in [0.15, 0.2) is 5.82 Å². The molecule has 3 aromatic rings. The third-order valence-corrected chi connectivity index (χ3v) is 5.95. The fourth-order valence-corrected chi connectivity index (χ4v) is 4.42. The lowest BCUT2D eigenvalue weighted by Gasteiger charge is -2.26. The summed E-state index contributed by atoms with van der Waals surface area (Å²) in [6, 6.07) is 3.15. The van der Waals surface area contributed by atoms with Crippen LogP contribution in [0.2, 0.25) is 0 Å². The van der Waals surface area contributed by atoms with E-state index < -0.39 is 5.82 Å². The molecule has 5 rings (SSSR count). The van der Waals surface area contributed by atoms with Gasteiger partial charge in [0.1, 0.15) is 0 Å². The summed E-state index contributed by atoms with van der Waals surface area (Å²) in [6.45, 7) is 1.70. The molecule has 1 unspecified atom stereocenters. The number of tetrazole rings is 1. The zero-order valence-electron chi connectivity index (χ0n) is 16.3. The Labute approximate surface area is 165 Å². The van der Waals surface area contributed by atoms with Crippen LogP contribution < -0.4 is 15.4 Å². The Balaban J connectivity index is 1.40. The summed E-state index contributed by atoms with van der Waals surface area (Å²) in [5.41, 5.74) is 0.349. The van der Waals surface area contributed by atoms with Crippen molar-refractivity contribution in [2.24, 2.45) is 25.9 Å². The smallest absolute Gasteiger partial charge is 0.255 e. The molecule has 4 heterocycles. The SMILES string of the molecule is CN(c1nc(-c2ccncc2F)cc(=O)n1C)C1[C@H]2CN(c3nnnn3C)C[C@@H]12. The first-order valence-corrected chi connectivity index (χ1v) is 9.34. The first-order valence-electron chi connectivity index (χ1n) is 9.34. The molecule has 0 N–H and O–H groups in total. The van der Waals surface area contributed by atoms with Crippen LogP contribution in [-0.4, -0.2) is 60.9 Å². The Morgan fingerprint density at radius 3 is 2.66 bits per heavy atom. The fraction of sp³-hybridized carbons (Fsp3) is 0.444. The highest BCUT2D eigenvalue weighted by Crippen LogP contribution is 2.49. The van der Waals surface area contributed by atoms with E-state index in [0.717, 1.165) is 25.2 Å². The van der Waals surface area contributed by atoms with Gasteiger partial charge in [0.05, 0.1) is 11.9 Å². The van der Waals surface area contributed by atoms with E-state index in [-0.39, 0.29) is 17.2 Å². The minimum atomic E-state index is -0.502. The number of aromatic nitrogens is 7. The molecular formula is C18H20FN9O. The van der Waals surface area contributed by atoms with Gasteiger partial charge in [-0.3, -0.25) is 14.3 Å². The Morgan fingerprint density at radius 1 is 1.24 bits per heavy atom. The van der Waals surface area contributed by atoms with Crippen LogP contribution in [0.1, 0.15) is 0 Å². The van der Waals surface area contributed by atoms with Gasteiger partial charge >= 0.3 is 0 Å². The average Bonchev–Trinajstić information content (AvgIpc) is 3.02. The molecule has 1 aliphatic heterocycles. The standard InChI is InChI=1S/C18H20FN9O/c1-25-15(29)6-14(10-4-5-20-7-13(10)19)21-17(25)26(2)16-11-8-28(9-12(11)16)18-22-23-24-27(18)3/h4-7,11-12,16H,8-9H2,1-3H3/t11-,12+,16?. The zero-order chi connectivity index (χ0) is 20.3.